The van der Waals surface area contributed by atoms with Crippen molar-refractivity contribution in [2.24, 2.45) is 0 Å². The van der Waals surface area contributed by atoms with Crippen LogP contribution in [-0.4, -0.2) is 28.8 Å². The number of carbonyl (C=O) groups excluding carboxylic acids is 1. The summed E-state index contributed by atoms with van der Waals surface area (Å²) < 4.78 is 0. The van der Waals surface area contributed by atoms with E-state index >= 15 is 0 Å². The number of aryl methyl sites for hydroxylation is 1. The van der Waals surface area contributed by atoms with Gasteiger partial charge in [-0.2, -0.15) is 0 Å². The molecule has 2 amide bonds. The average molecular weight is 257 g/mol. The van der Waals surface area contributed by atoms with E-state index in [1.807, 2.05) is 13.8 Å². The molecule has 0 spiro atoms. The molecule has 0 saturated carbocycles. The zero-order chi connectivity index (χ0) is 12.7. The molecule has 1 unspecified atom stereocenters. The van der Waals surface area contributed by atoms with E-state index < -0.39 is 0 Å². The van der Waals surface area contributed by atoms with Gasteiger partial charge in [0.25, 0.3) is 0 Å². The van der Waals surface area contributed by atoms with Gasteiger partial charge >= 0.3 is 6.03 Å². The summed E-state index contributed by atoms with van der Waals surface area (Å²) in [6.07, 6.45) is 0.964. The summed E-state index contributed by atoms with van der Waals surface area (Å²) in [5, 5.41) is 14.8. The second kappa shape index (κ2) is 7.24. The van der Waals surface area contributed by atoms with Gasteiger partial charge in [0.2, 0.25) is 0 Å². The Kier molecular flexibility index (Phi) is 5.93. The number of carbonyl (C=O) groups is 1. The minimum Gasteiger partial charge on any atom is -0.393 e. The van der Waals surface area contributed by atoms with E-state index in [-0.39, 0.29) is 12.1 Å². The predicted octanol–water partition coefficient (Wildman–Crippen LogP) is 1.41. The third-order valence-corrected chi connectivity index (χ3v) is 3.42. The molecule has 1 aromatic heterocycles. The number of aliphatic hydroxyl groups is 1. The number of aromatic nitrogens is 1. The molecule has 0 aliphatic heterocycles. The molecule has 0 bridgehead atoms. The van der Waals surface area contributed by atoms with E-state index in [1.165, 1.54) is 11.3 Å². The van der Waals surface area contributed by atoms with Gasteiger partial charge in [-0.05, 0) is 19.8 Å². The molecule has 0 radical (unpaired) electrons. The Morgan fingerprint density at radius 3 is 2.94 bits per heavy atom. The first-order valence-corrected chi connectivity index (χ1v) is 6.60. The number of rotatable bonds is 6. The Hall–Kier alpha value is -1.14. The maximum Gasteiger partial charge on any atom is 0.315 e. The molecule has 17 heavy (non-hydrogen) atoms. The zero-order valence-corrected chi connectivity index (χ0v) is 11.0. The van der Waals surface area contributed by atoms with Crippen LogP contribution >= 0.6 is 11.3 Å². The van der Waals surface area contributed by atoms with Crippen molar-refractivity contribution in [3.63, 3.8) is 0 Å². The van der Waals surface area contributed by atoms with Crippen molar-refractivity contribution in [2.45, 2.75) is 39.3 Å². The van der Waals surface area contributed by atoms with Gasteiger partial charge in [0.1, 0.15) is 0 Å². The Balaban J connectivity index is 2.16. The lowest BCUT2D eigenvalue weighted by Gasteiger charge is -2.09. The summed E-state index contributed by atoms with van der Waals surface area (Å²) in [6, 6.07) is -0.207. The summed E-state index contributed by atoms with van der Waals surface area (Å²) >= 11 is 1.53. The maximum atomic E-state index is 11.4. The number of nitrogens with zero attached hydrogens (tertiary/aromatic N) is 1. The predicted molar refractivity (Wildman–Crippen MR) is 68.0 cm³/mol. The highest BCUT2D eigenvalue weighted by atomic mass is 32.1. The minimum atomic E-state index is -0.334. The van der Waals surface area contributed by atoms with Crippen molar-refractivity contribution in [3.05, 3.63) is 16.1 Å². The van der Waals surface area contributed by atoms with Crippen molar-refractivity contribution in [1.29, 1.82) is 0 Å². The first kappa shape index (κ1) is 13.9. The normalized spacial score (nSPS) is 12.2. The molecule has 1 heterocycles. The van der Waals surface area contributed by atoms with Crippen LogP contribution in [-0.2, 0) is 6.54 Å². The van der Waals surface area contributed by atoms with Crippen LogP contribution in [0.25, 0.3) is 0 Å². The highest BCUT2D eigenvalue weighted by Crippen LogP contribution is 2.10. The molecule has 0 fully saturated rings. The summed E-state index contributed by atoms with van der Waals surface area (Å²) in [5.74, 6) is 0. The van der Waals surface area contributed by atoms with Gasteiger partial charge in [0.05, 0.1) is 23.9 Å². The lowest BCUT2D eigenvalue weighted by atomic mass is 10.2. The van der Waals surface area contributed by atoms with Crippen molar-refractivity contribution in [3.8, 4) is 0 Å². The third-order valence-electron chi connectivity index (χ3n) is 2.49. The van der Waals surface area contributed by atoms with Crippen molar-refractivity contribution in [1.82, 2.24) is 15.6 Å². The lowest BCUT2D eigenvalue weighted by Crippen LogP contribution is -2.36. The van der Waals surface area contributed by atoms with Crippen LogP contribution in [0.15, 0.2) is 5.51 Å². The van der Waals surface area contributed by atoms with Gasteiger partial charge in [-0.15, -0.1) is 11.3 Å². The Morgan fingerprint density at radius 1 is 1.59 bits per heavy atom. The molecule has 1 aromatic rings. The van der Waals surface area contributed by atoms with Gasteiger partial charge in [-0.1, -0.05) is 6.92 Å². The number of aliphatic hydroxyl groups excluding tert-OH is 1. The molecule has 1 atom stereocenters. The quantitative estimate of drug-likeness (QED) is 0.721. The van der Waals surface area contributed by atoms with E-state index in [0.29, 0.717) is 25.9 Å². The third kappa shape index (κ3) is 5.14. The number of hydrogen-bond acceptors (Lipinski definition) is 4. The topological polar surface area (TPSA) is 74.2 Å². The SMILES string of the molecule is CCC(O)CCNC(=O)NCc1scnc1C. The molecule has 1 rings (SSSR count). The average Bonchev–Trinajstić information content (AvgIpc) is 2.72. The Labute approximate surface area is 105 Å². The lowest BCUT2D eigenvalue weighted by molar-refractivity contribution is 0.160. The molecule has 6 heteroatoms. The number of hydrogen-bond donors (Lipinski definition) is 3. The van der Waals surface area contributed by atoms with Gasteiger partial charge in [-0.3, -0.25) is 0 Å². The fraction of sp³-hybridized carbons (Fsp3) is 0.636. The molecule has 3 N–H and O–H groups in total. The molecule has 0 aliphatic rings. The summed E-state index contributed by atoms with van der Waals surface area (Å²) in [5.41, 5.74) is 2.72. The number of urea groups is 1. The van der Waals surface area contributed by atoms with Crippen molar-refractivity contribution < 1.29 is 9.90 Å². The Morgan fingerprint density at radius 2 is 2.35 bits per heavy atom. The van der Waals surface area contributed by atoms with Crippen molar-refractivity contribution in [2.75, 3.05) is 6.54 Å². The molecule has 0 aromatic carbocycles. The minimum absolute atomic E-state index is 0.207. The van der Waals surface area contributed by atoms with Crippen LogP contribution in [0.4, 0.5) is 4.79 Å². The summed E-state index contributed by atoms with van der Waals surface area (Å²) in [4.78, 5) is 16.6. The molecular weight excluding hydrogens is 238 g/mol. The van der Waals surface area contributed by atoms with Crippen LogP contribution in [0.5, 0.6) is 0 Å². The first-order valence-electron chi connectivity index (χ1n) is 5.72. The fourth-order valence-electron chi connectivity index (χ4n) is 1.28. The molecule has 5 nitrogen and oxygen atoms in total. The van der Waals surface area contributed by atoms with E-state index in [1.54, 1.807) is 5.51 Å². The molecular formula is C11H19N3O2S. The smallest absolute Gasteiger partial charge is 0.315 e. The van der Waals surface area contributed by atoms with Crippen LogP contribution in [0, 0.1) is 6.92 Å². The standard InChI is InChI=1S/C11H19N3O2S/c1-3-9(15)4-5-12-11(16)13-6-10-8(2)14-7-17-10/h7,9,15H,3-6H2,1-2H3,(H2,12,13,16). The number of nitrogens with one attached hydrogen (secondary N) is 2. The Bertz CT molecular complexity index is 354. The maximum absolute atomic E-state index is 11.4. The summed E-state index contributed by atoms with van der Waals surface area (Å²) in [7, 11) is 0. The molecule has 0 saturated heterocycles. The fourth-order valence-corrected chi connectivity index (χ4v) is 1.99. The second-order valence-corrected chi connectivity index (χ2v) is 4.76. The van der Waals surface area contributed by atoms with E-state index in [9.17, 15) is 9.90 Å². The highest BCUT2D eigenvalue weighted by Gasteiger charge is 2.05. The highest BCUT2D eigenvalue weighted by molar-refractivity contribution is 7.09. The largest absolute Gasteiger partial charge is 0.393 e. The van der Waals surface area contributed by atoms with Crippen molar-refractivity contribution >= 4 is 17.4 Å². The zero-order valence-electron chi connectivity index (χ0n) is 10.2. The number of amides is 2. The first-order chi connectivity index (χ1) is 8.13. The van der Waals surface area contributed by atoms with E-state index in [0.717, 1.165) is 10.6 Å². The second-order valence-electron chi connectivity index (χ2n) is 3.82. The number of thiazole rings is 1. The van der Waals surface area contributed by atoms with Crippen LogP contribution in [0.2, 0.25) is 0 Å². The molecule has 0 aliphatic carbocycles. The monoisotopic (exact) mass is 257 g/mol. The van der Waals surface area contributed by atoms with Crippen LogP contribution in [0.1, 0.15) is 30.3 Å². The van der Waals surface area contributed by atoms with Gasteiger partial charge < -0.3 is 15.7 Å². The molecule has 96 valence electrons. The van der Waals surface area contributed by atoms with Gasteiger partial charge in [-0.25, -0.2) is 9.78 Å². The summed E-state index contributed by atoms with van der Waals surface area (Å²) in [6.45, 7) is 4.82. The van der Waals surface area contributed by atoms with E-state index in [2.05, 4.69) is 15.6 Å². The van der Waals surface area contributed by atoms with E-state index in [4.69, 9.17) is 0 Å². The van der Waals surface area contributed by atoms with Crippen LogP contribution in [0.3, 0.4) is 0 Å². The van der Waals surface area contributed by atoms with Gasteiger partial charge in [0.15, 0.2) is 0 Å². The van der Waals surface area contributed by atoms with Gasteiger partial charge in [0, 0.05) is 11.4 Å². The van der Waals surface area contributed by atoms with Crippen LogP contribution < -0.4 is 10.6 Å².